The van der Waals surface area contributed by atoms with Gasteiger partial charge in [0.25, 0.3) is 0 Å². The van der Waals surface area contributed by atoms with Crippen molar-refractivity contribution in [3.05, 3.63) is 170 Å². The first-order chi connectivity index (χ1) is 37.5. The molecule has 0 aromatic heterocycles. The fourth-order valence-electron chi connectivity index (χ4n) is 7.52. The summed E-state index contributed by atoms with van der Waals surface area (Å²) >= 11 is 0. The number of hydrogen-bond donors (Lipinski definition) is 0. The van der Waals surface area contributed by atoms with Crippen molar-refractivity contribution >= 4 is 17.9 Å². The van der Waals surface area contributed by atoms with Crippen LogP contribution in [0.25, 0.3) is 0 Å². The summed E-state index contributed by atoms with van der Waals surface area (Å²) < 4.78 is 16.7. The van der Waals surface area contributed by atoms with Gasteiger partial charge in [0, 0.05) is 19.3 Å². The predicted molar refractivity (Wildman–Crippen MR) is 329 cm³/mol. The van der Waals surface area contributed by atoms with Crippen molar-refractivity contribution < 1.29 is 28.6 Å². The predicted octanol–water partition coefficient (Wildman–Crippen LogP) is 20.7. The fourth-order valence-corrected chi connectivity index (χ4v) is 7.52. The molecule has 6 nitrogen and oxygen atoms in total. The first-order valence-corrected chi connectivity index (χ1v) is 30.1. The molecule has 0 aliphatic carbocycles. The molecule has 0 aromatic carbocycles. The van der Waals surface area contributed by atoms with E-state index in [1.165, 1.54) is 19.3 Å². The van der Waals surface area contributed by atoms with Crippen LogP contribution in [0.4, 0.5) is 0 Å². The number of carbonyl (C=O) groups is 3. The third-order valence-electron chi connectivity index (χ3n) is 12.0. The van der Waals surface area contributed by atoms with Crippen LogP contribution in [0.1, 0.15) is 233 Å². The van der Waals surface area contributed by atoms with Gasteiger partial charge in [-0.1, -0.05) is 249 Å². The molecule has 0 aliphatic rings. The molecule has 0 spiro atoms. The SMILES string of the molecule is CC/C=C\C/C=C\C/C=C\C/C=C\C/C=C\C/C=C\C/C=C\C/C=C\C/C=C\CCCCCCCC(=O)OCC(COC(=O)CCCCCCCC)OC(=O)CCCCC/C=C\C/C=C\C/C=C\C/C=C\C/C=C\CC. The Morgan fingerprint density at radius 2 is 0.513 bits per heavy atom. The Hall–Kier alpha value is -5.23. The van der Waals surface area contributed by atoms with Gasteiger partial charge in [0.1, 0.15) is 13.2 Å². The average molecular weight is 1050 g/mol. The van der Waals surface area contributed by atoms with Crippen LogP contribution in [0.5, 0.6) is 0 Å². The highest BCUT2D eigenvalue weighted by atomic mass is 16.6. The zero-order valence-corrected chi connectivity index (χ0v) is 48.4. The summed E-state index contributed by atoms with van der Waals surface area (Å²) in [6.45, 7) is 6.28. The number of carbonyl (C=O) groups excluding carboxylic acids is 3. The third kappa shape index (κ3) is 59.6. The molecule has 424 valence electrons. The highest BCUT2D eigenvalue weighted by molar-refractivity contribution is 5.71. The van der Waals surface area contributed by atoms with Crippen molar-refractivity contribution in [2.75, 3.05) is 13.2 Å². The van der Waals surface area contributed by atoms with E-state index in [4.69, 9.17) is 14.2 Å². The Morgan fingerprint density at radius 3 is 0.816 bits per heavy atom. The maximum Gasteiger partial charge on any atom is 0.306 e. The van der Waals surface area contributed by atoms with Crippen LogP contribution in [-0.2, 0) is 28.6 Å². The van der Waals surface area contributed by atoms with E-state index in [9.17, 15) is 14.4 Å². The zero-order chi connectivity index (χ0) is 55.0. The van der Waals surface area contributed by atoms with E-state index in [0.29, 0.717) is 19.3 Å². The Bertz CT molecular complexity index is 1770. The molecule has 6 heteroatoms. The molecule has 1 atom stereocenters. The van der Waals surface area contributed by atoms with Crippen LogP contribution in [0.3, 0.4) is 0 Å². The first kappa shape index (κ1) is 70.8. The van der Waals surface area contributed by atoms with E-state index in [1.807, 2.05) is 0 Å². The molecule has 0 saturated heterocycles. The molecule has 0 N–H and O–H groups in total. The topological polar surface area (TPSA) is 78.9 Å². The fraction of sp³-hybridized carbons (Fsp3) is 0.557. The first-order valence-electron chi connectivity index (χ1n) is 30.1. The van der Waals surface area contributed by atoms with E-state index in [1.54, 1.807) is 0 Å². The van der Waals surface area contributed by atoms with Crippen molar-refractivity contribution in [2.24, 2.45) is 0 Å². The summed E-state index contributed by atoms with van der Waals surface area (Å²) in [5, 5.41) is 0. The number of ether oxygens (including phenoxy) is 3. The van der Waals surface area contributed by atoms with Crippen LogP contribution in [0.15, 0.2) is 170 Å². The second-order valence-electron chi connectivity index (χ2n) is 19.1. The molecule has 76 heavy (non-hydrogen) atoms. The maximum absolute atomic E-state index is 12.8. The molecule has 0 aromatic rings. The Kier molecular flexibility index (Phi) is 58.0. The van der Waals surface area contributed by atoms with Crippen LogP contribution >= 0.6 is 0 Å². The van der Waals surface area contributed by atoms with E-state index in [-0.39, 0.29) is 37.5 Å². The standard InChI is InChI=1S/C70H108O6/c1-4-7-10-13-16-18-20-22-24-26-28-29-30-31-32-33-34-35-36-37-38-39-40-41-43-44-46-48-50-52-54-57-60-63-69(72)75-66-67(65-74-68(71)62-59-56-15-12-9-6-3)76-70(73)64-61-58-55-53-51-49-47-45-42-27-25-23-21-19-17-14-11-8-5-2/h7-8,10-11,16-19,22-25,28-29,31-32,34-35,37-38,40-42,44-46,49,51,67H,4-6,9,12-15,20-21,26-27,30,33,36,39,43,47-48,50,52-66H2,1-3H3/b10-7-,11-8-,18-16-,19-17-,24-22-,25-23-,29-28-,32-31-,35-34-,38-37-,41-40-,45-42-,46-44-,51-49-. The third-order valence-corrected chi connectivity index (χ3v) is 12.0. The van der Waals surface area contributed by atoms with Gasteiger partial charge in [0.2, 0.25) is 0 Å². The zero-order valence-electron chi connectivity index (χ0n) is 48.4. The van der Waals surface area contributed by atoms with Gasteiger partial charge in [-0.3, -0.25) is 14.4 Å². The van der Waals surface area contributed by atoms with Crippen molar-refractivity contribution in [1.82, 2.24) is 0 Å². The molecule has 0 radical (unpaired) electrons. The summed E-state index contributed by atoms with van der Waals surface area (Å²) in [6, 6.07) is 0. The summed E-state index contributed by atoms with van der Waals surface area (Å²) in [7, 11) is 0. The van der Waals surface area contributed by atoms with E-state index < -0.39 is 6.10 Å². The smallest absolute Gasteiger partial charge is 0.306 e. The van der Waals surface area contributed by atoms with Gasteiger partial charge in [0.15, 0.2) is 6.10 Å². The highest BCUT2D eigenvalue weighted by Crippen LogP contribution is 2.12. The molecule has 0 bridgehead atoms. The Morgan fingerprint density at radius 1 is 0.276 bits per heavy atom. The van der Waals surface area contributed by atoms with Gasteiger partial charge in [-0.25, -0.2) is 0 Å². The van der Waals surface area contributed by atoms with Crippen LogP contribution in [-0.4, -0.2) is 37.2 Å². The molecule has 0 fully saturated rings. The van der Waals surface area contributed by atoms with Gasteiger partial charge >= 0.3 is 17.9 Å². The summed E-state index contributed by atoms with van der Waals surface area (Å²) in [6.07, 6.45) is 92.4. The van der Waals surface area contributed by atoms with E-state index in [0.717, 1.165) is 167 Å². The minimum Gasteiger partial charge on any atom is -0.462 e. The van der Waals surface area contributed by atoms with Crippen molar-refractivity contribution in [1.29, 1.82) is 0 Å². The Balaban J connectivity index is 4.24. The normalized spacial score (nSPS) is 13.4. The lowest BCUT2D eigenvalue weighted by Gasteiger charge is -2.18. The van der Waals surface area contributed by atoms with Gasteiger partial charge in [0.05, 0.1) is 0 Å². The van der Waals surface area contributed by atoms with Crippen molar-refractivity contribution in [3.8, 4) is 0 Å². The molecule has 0 amide bonds. The molecular formula is C70H108O6. The highest BCUT2D eigenvalue weighted by Gasteiger charge is 2.19. The number of esters is 3. The largest absolute Gasteiger partial charge is 0.462 e. The van der Waals surface area contributed by atoms with Crippen LogP contribution in [0, 0.1) is 0 Å². The monoisotopic (exact) mass is 1040 g/mol. The van der Waals surface area contributed by atoms with Gasteiger partial charge in [-0.05, 0) is 135 Å². The number of rotatable bonds is 52. The second kappa shape index (κ2) is 62.3. The lowest BCUT2D eigenvalue weighted by atomic mass is 10.1. The minimum atomic E-state index is -0.809. The lowest BCUT2D eigenvalue weighted by molar-refractivity contribution is -0.167. The summed E-state index contributed by atoms with van der Waals surface area (Å²) in [4.78, 5) is 37.9. The summed E-state index contributed by atoms with van der Waals surface area (Å²) in [5.74, 6) is -0.978. The minimum absolute atomic E-state index is 0.105. The molecular weight excluding hydrogens is 937 g/mol. The molecule has 1 unspecified atom stereocenters. The number of unbranched alkanes of at least 4 members (excludes halogenated alkanes) is 13. The average Bonchev–Trinajstić information content (AvgIpc) is 3.42. The summed E-state index contributed by atoms with van der Waals surface area (Å²) in [5.41, 5.74) is 0. The molecule has 0 saturated carbocycles. The van der Waals surface area contributed by atoms with Crippen molar-refractivity contribution in [3.63, 3.8) is 0 Å². The van der Waals surface area contributed by atoms with Crippen LogP contribution < -0.4 is 0 Å². The van der Waals surface area contributed by atoms with E-state index >= 15 is 0 Å². The van der Waals surface area contributed by atoms with Crippen LogP contribution in [0.2, 0.25) is 0 Å². The Labute approximate surface area is 466 Å². The molecule has 0 aliphatic heterocycles. The van der Waals surface area contributed by atoms with E-state index in [2.05, 4.69) is 191 Å². The second-order valence-corrected chi connectivity index (χ2v) is 19.1. The molecule has 0 heterocycles. The van der Waals surface area contributed by atoms with Gasteiger partial charge in [-0.15, -0.1) is 0 Å². The number of hydrogen-bond acceptors (Lipinski definition) is 6. The quantitative estimate of drug-likeness (QED) is 0.0261. The van der Waals surface area contributed by atoms with Gasteiger partial charge in [-0.2, -0.15) is 0 Å². The van der Waals surface area contributed by atoms with Gasteiger partial charge < -0.3 is 14.2 Å². The lowest BCUT2D eigenvalue weighted by Crippen LogP contribution is -2.30. The number of allylic oxidation sites excluding steroid dienone is 28. The van der Waals surface area contributed by atoms with Crippen molar-refractivity contribution in [2.45, 2.75) is 239 Å². The molecule has 0 rings (SSSR count). The maximum atomic E-state index is 12.8.